The van der Waals surface area contributed by atoms with E-state index in [1.165, 1.54) is 0 Å². The molecule has 0 saturated carbocycles. The van der Waals surface area contributed by atoms with Crippen molar-refractivity contribution in [1.82, 2.24) is 20.0 Å². The van der Waals surface area contributed by atoms with E-state index in [1.807, 2.05) is 42.5 Å². The molecule has 0 bridgehead atoms. The number of carbonyl (C=O) groups excluding carboxylic acids is 4. The second-order valence-electron chi connectivity index (χ2n) is 11.5. The average Bonchev–Trinajstić information content (AvgIpc) is 2.96. The van der Waals surface area contributed by atoms with Crippen molar-refractivity contribution >= 4 is 23.6 Å². The molecule has 2 aliphatic heterocycles. The Morgan fingerprint density at radius 3 is 2.07 bits per heavy atom. The van der Waals surface area contributed by atoms with E-state index in [0.29, 0.717) is 64.3 Å². The molecular weight excluding hydrogens is 520 g/mol. The van der Waals surface area contributed by atoms with Crippen LogP contribution in [0.2, 0.25) is 0 Å². The number of hydrogen-bond acceptors (Lipinski definition) is 5. The van der Waals surface area contributed by atoms with Crippen LogP contribution in [0.5, 0.6) is 5.75 Å². The second kappa shape index (κ2) is 14.1. The van der Waals surface area contributed by atoms with Crippen LogP contribution in [-0.4, -0.2) is 88.2 Å². The van der Waals surface area contributed by atoms with E-state index in [0.717, 1.165) is 24.0 Å². The van der Waals surface area contributed by atoms with E-state index in [-0.39, 0.29) is 17.8 Å². The van der Waals surface area contributed by atoms with Crippen LogP contribution in [0.1, 0.15) is 50.7 Å². The maximum Gasteiger partial charge on any atom is 0.312 e. The number of phenolic OH excluding ortho intramolecular Hbond substituents is 1. The maximum atomic E-state index is 13.2. The van der Waals surface area contributed by atoms with E-state index in [1.54, 1.807) is 26.8 Å². The zero-order valence-electron chi connectivity index (χ0n) is 24.1. The first-order valence-electron chi connectivity index (χ1n) is 14.7. The van der Waals surface area contributed by atoms with Crippen LogP contribution in [0.3, 0.4) is 0 Å². The third-order valence-corrected chi connectivity index (χ3v) is 8.02. The minimum Gasteiger partial charge on any atom is -0.508 e. The molecule has 0 spiro atoms. The second-order valence-corrected chi connectivity index (χ2v) is 11.5. The lowest BCUT2D eigenvalue weighted by atomic mass is 9.98. The molecule has 2 aliphatic rings. The fourth-order valence-corrected chi connectivity index (χ4v) is 5.81. The molecule has 2 saturated heterocycles. The lowest BCUT2D eigenvalue weighted by Crippen LogP contribution is -2.60. The predicted molar refractivity (Wildman–Crippen MR) is 156 cm³/mol. The number of benzene rings is 2. The quantitative estimate of drug-likeness (QED) is 0.288. The Morgan fingerprint density at radius 2 is 1.41 bits per heavy atom. The standard InChI is InChI=1S/C32H42N4O5/c1-23(2)20-27-22-34(31(40)32(41)36(27)19-16-25-11-13-28(37)14-12-25)17-7-6-10-26-21-33-29(38)30(39)35(26)18-15-24-8-4-3-5-9-24/h3-5,8-9,11-14,23,26-27,37H,6-7,10,15-22H2,1-2H3,(H,33,38)/t26-,27-/m0/s1. The Hall–Kier alpha value is -3.88. The summed E-state index contributed by atoms with van der Waals surface area (Å²) >= 11 is 0. The SMILES string of the molecule is CC(C)C[C@H]1CN(CCCC[C@H]2CNC(=O)C(=O)N2CCc2ccccc2)C(=O)C(=O)N1CCc1ccc(O)cc1. The number of amides is 4. The molecule has 4 amide bonds. The van der Waals surface area contributed by atoms with Gasteiger partial charge in [-0.25, -0.2) is 0 Å². The summed E-state index contributed by atoms with van der Waals surface area (Å²) < 4.78 is 0. The lowest BCUT2D eigenvalue weighted by Gasteiger charge is -2.41. The van der Waals surface area contributed by atoms with Gasteiger partial charge < -0.3 is 25.1 Å². The molecule has 4 rings (SSSR count). The van der Waals surface area contributed by atoms with Crippen molar-refractivity contribution < 1.29 is 24.3 Å². The summed E-state index contributed by atoms with van der Waals surface area (Å²) in [5, 5.41) is 12.2. The Labute approximate surface area is 242 Å². The van der Waals surface area contributed by atoms with E-state index in [2.05, 4.69) is 19.2 Å². The summed E-state index contributed by atoms with van der Waals surface area (Å²) in [6.07, 6.45) is 4.31. The number of carbonyl (C=O) groups is 4. The summed E-state index contributed by atoms with van der Waals surface area (Å²) in [7, 11) is 0. The number of piperazine rings is 2. The van der Waals surface area contributed by atoms with Gasteiger partial charge in [-0.3, -0.25) is 19.2 Å². The van der Waals surface area contributed by atoms with E-state index in [9.17, 15) is 24.3 Å². The molecule has 220 valence electrons. The van der Waals surface area contributed by atoms with E-state index >= 15 is 0 Å². The number of aromatic hydroxyl groups is 1. The van der Waals surface area contributed by atoms with Crippen LogP contribution in [0, 0.1) is 5.92 Å². The summed E-state index contributed by atoms with van der Waals surface area (Å²) in [4.78, 5) is 56.1. The molecule has 41 heavy (non-hydrogen) atoms. The number of nitrogens with zero attached hydrogens (tertiary/aromatic N) is 3. The fraction of sp³-hybridized carbons (Fsp3) is 0.500. The number of hydrogen-bond donors (Lipinski definition) is 2. The zero-order chi connectivity index (χ0) is 29.4. The van der Waals surface area contributed by atoms with E-state index < -0.39 is 23.6 Å². The van der Waals surface area contributed by atoms with Crippen LogP contribution in [0.4, 0.5) is 0 Å². The maximum absolute atomic E-state index is 13.2. The Bertz CT molecular complexity index is 1200. The molecule has 0 aromatic heterocycles. The molecule has 0 radical (unpaired) electrons. The van der Waals surface area contributed by atoms with Gasteiger partial charge in [-0.2, -0.15) is 0 Å². The lowest BCUT2D eigenvalue weighted by molar-refractivity contribution is -0.159. The highest BCUT2D eigenvalue weighted by atomic mass is 16.3. The number of unbranched alkanes of at least 4 members (excludes halogenated alkanes) is 1. The van der Waals surface area contributed by atoms with Crippen LogP contribution >= 0.6 is 0 Å². The van der Waals surface area contributed by atoms with Gasteiger partial charge in [0.25, 0.3) is 0 Å². The minimum atomic E-state index is -0.558. The van der Waals surface area contributed by atoms with Gasteiger partial charge in [-0.15, -0.1) is 0 Å². The van der Waals surface area contributed by atoms with Gasteiger partial charge in [-0.1, -0.05) is 56.3 Å². The highest BCUT2D eigenvalue weighted by Gasteiger charge is 2.39. The van der Waals surface area contributed by atoms with Crippen molar-refractivity contribution in [2.45, 2.75) is 64.5 Å². The molecule has 2 heterocycles. The molecule has 2 fully saturated rings. The largest absolute Gasteiger partial charge is 0.508 e. The Kier molecular flexibility index (Phi) is 10.4. The van der Waals surface area contributed by atoms with Gasteiger partial charge in [0.15, 0.2) is 0 Å². The van der Waals surface area contributed by atoms with Gasteiger partial charge in [-0.05, 0) is 67.7 Å². The molecule has 9 heteroatoms. The molecule has 2 atom stereocenters. The van der Waals surface area contributed by atoms with Gasteiger partial charge in [0.2, 0.25) is 0 Å². The topological polar surface area (TPSA) is 110 Å². The Morgan fingerprint density at radius 1 is 0.780 bits per heavy atom. The van der Waals surface area contributed by atoms with Crippen LogP contribution < -0.4 is 5.32 Å². The van der Waals surface area contributed by atoms with Crippen molar-refractivity contribution in [2.75, 3.05) is 32.7 Å². The zero-order valence-corrected chi connectivity index (χ0v) is 24.1. The fourth-order valence-electron chi connectivity index (χ4n) is 5.81. The normalized spacial score (nSPS) is 19.7. The van der Waals surface area contributed by atoms with Gasteiger partial charge in [0.1, 0.15) is 5.75 Å². The third kappa shape index (κ3) is 8.08. The average molecular weight is 563 g/mol. The van der Waals surface area contributed by atoms with Crippen molar-refractivity contribution in [3.63, 3.8) is 0 Å². The first-order chi connectivity index (χ1) is 19.7. The van der Waals surface area contributed by atoms with Gasteiger partial charge in [0, 0.05) is 38.8 Å². The highest BCUT2D eigenvalue weighted by molar-refractivity contribution is 6.36. The summed E-state index contributed by atoms with van der Waals surface area (Å²) in [6.45, 7) is 6.61. The van der Waals surface area contributed by atoms with Gasteiger partial charge in [0.05, 0.1) is 6.04 Å². The third-order valence-electron chi connectivity index (χ3n) is 8.02. The minimum absolute atomic E-state index is 0.0445. The molecule has 0 aliphatic carbocycles. The smallest absolute Gasteiger partial charge is 0.312 e. The molecule has 9 nitrogen and oxygen atoms in total. The molecular formula is C32H42N4O5. The van der Waals surface area contributed by atoms with Crippen molar-refractivity contribution in [3.05, 3.63) is 65.7 Å². The number of phenols is 1. The van der Waals surface area contributed by atoms with Crippen LogP contribution in [-0.2, 0) is 32.0 Å². The van der Waals surface area contributed by atoms with Crippen molar-refractivity contribution in [2.24, 2.45) is 5.92 Å². The predicted octanol–water partition coefficient (Wildman–Crippen LogP) is 2.76. The molecule has 2 aromatic carbocycles. The highest BCUT2D eigenvalue weighted by Crippen LogP contribution is 2.22. The molecule has 0 unspecified atom stereocenters. The molecule has 2 N–H and O–H groups in total. The van der Waals surface area contributed by atoms with Crippen molar-refractivity contribution in [1.29, 1.82) is 0 Å². The molecule has 2 aromatic rings. The van der Waals surface area contributed by atoms with E-state index in [4.69, 9.17) is 0 Å². The van der Waals surface area contributed by atoms with Gasteiger partial charge >= 0.3 is 23.6 Å². The number of rotatable bonds is 13. The number of nitrogens with one attached hydrogen (secondary N) is 1. The monoisotopic (exact) mass is 562 g/mol. The summed E-state index contributed by atoms with van der Waals surface area (Å²) in [5.41, 5.74) is 2.12. The van der Waals surface area contributed by atoms with Crippen LogP contribution in [0.25, 0.3) is 0 Å². The van der Waals surface area contributed by atoms with Crippen LogP contribution in [0.15, 0.2) is 54.6 Å². The first-order valence-corrected chi connectivity index (χ1v) is 14.7. The van der Waals surface area contributed by atoms with Crippen molar-refractivity contribution in [3.8, 4) is 5.75 Å². The Balaban J connectivity index is 1.30. The summed E-state index contributed by atoms with van der Waals surface area (Å²) in [5.74, 6) is -1.38. The first kappa shape index (κ1) is 30.1. The summed E-state index contributed by atoms with van der Waals surface area (Å²) in [6, 6.07) is 16.7.